The first-order valence-corrected chi connectivity index (χ1v) is 11.8. The van der Waals surface area contributed by atoms with Crippen LogP contribution in [0.3, 0.4) is 0 Å². The Morgan fingerprint density at radius 1 is 0.974 bits per heavy atom. The summed E-state index contributed by atoms with van der Waals surface area (Å²) in [7, 11) is 0. The number of pyridine rings is 1. The molecule has 0 unspecified atom stereocenters. The Labute approximate surface area is 216 Å². The molecular formula is C27H23F3N6O2. The van der Waals surface area contributed by atoms with E-state index in [-0.39, 0.29) is 0 Å². The van der Waals surface area contributed by atoms with Crippen LogP contribution >= 0.6 is 0 Å². The first-order chi connectivity index (χ1) is 18.4. The summed E-state index contributed by atoms with van der Waals surface area (Å²) in [5, 5.41) is 2.75. The van der Waals surface area contributed by atoms with Crippen molar-refractivity contribution in [3.63, 3.8) is 0 Å². The number of alkyl halides is 3. The number of benzene rings is 1. The Balaban J connectivity index is 1.40. The van der Waals surface area contributed by atoms with Crippen LogP contribution in [0.2, 0.25) is 0 Å². The van der Waals surface area contributed by atoms with Crippen molar-refractivity contribution in [3.8, 4) is 0 Å². The van der Waals surface area contributed by atoms with Crippen LogP contribution in [-0.4, -0.2) is 51.6 Å². The number of rotatable bonds is 6. The van der Waals surface area contributed by atoms with Gasteiger partial charge in [-0.15, -0.1) is 0 Å². The standard InChI is InChI=1S/C27H23F3N6O2/c28-27(29,30)21-7-4-19(5-8-21)22(20-6-9-23(32-16-20)35-12-14-38-15-13-35)2-1-3-26(37)34-25-18-33-24-17-31-10-11-36(24)25/h1-11,16-18H,12-15H2,(H,34,37)/b3-1+,22-2-. The number of fused-ring (bicyclic) bond motifs is 1. The summed E-state index contributed by atoms with van der Waals surface area (Å²) in [6.07, 6.45) is 8.14. The fourth-order valence-corrected chi connectivity index (χ4v) is 4.06. The van der Waals surface area contributed by atoms with Crippen molar-refractivity contribution in [2.75, 3.05) is 36.5 Å². The van der Waals surface area contributed by atoms with Gasteiger partial charge in [-0.3, -0.25) is 14.2 Å². The Bertz CT molecular complexity index is 1470. The zero-order valence-corrected chi connectivity index (χ0v) is 20.1. The van der Waals surface area contributed by atoms with Crippen molar-refractivity contribution in [2.45, 2.75) is 6.18 Å². The highest BCUT2D eigenvalue weighted by atomic mass is 19.4. The van der Waals surface area contributed by atoms with Crippen molar-refractivity contribution >= 4 is 28.8 Å². The second-order valence-corrected chi connectivity index (χ2v) is 8.46. The second-order valence-electron chi connectivity index (χ2n) is 8.46. The molecule has 0 atom stereocenters. The molecule has 0 saturated carbocycles. The normalized spacial score (nSPS) is 14.8. The lowest BCUT2D eigenvalue weighted by atomic mass is 9.97. The number of hydrogen-bond acceptors (Lipinski definition) is 6. The predicted octanol–water partition coefficient (Wildman–Crippen LogP) is 4.61. The van der Waals surface area contributed by atoms with Crippen LogP contribution in [0.5, 0.6) is 0 Å². The number of carbonyl (C=O) groups excluding carboxylic acids is 1. The molecule has 8 nitrogen and oxygen atoms in total. The third kappa shape index (κ3) is 5.73. The molecule has 0 radical (unpaired) electrons. The average Bonchev–Trinajstić information content (AvgIpc) is 3.34. The van der Waals surface area contributed by atoms with Gasteiger partial charge in [0.25, 0.3) is 0 Å². The molecule has 1 aliphatic heterocycles. The van der Waals surface area contributed by atoms with Crippen molar-refractivity contribution in [1.82, 2.24) is 19.4 Å². The molecule has 4 heterocycles. The fraction of sp³-hybridized carbons (Fsp3) is 0.185. The van der Waals surface area contributed by atoms with Gasteiger partial charge in [0.15, 0.2) is 5.65 Å². The van der Waals surface area contributed by atoms with E-state index in [1.54, 1.807) is 41.3 Å². The van der Waals surface area contributed by atoms with Crippen LogP contribution < -0.4 is 10.2 Å². The lowest BCUT2D eigenvalue weighted by molar-refractivity contribution is -0.137. The highest BCUT2D eigenvalue weighted by Gasteiger charge is 2.30. The lowest BCUT2D eigenvalue weighted by Gasteiger charge is -2.27. The number of aromatic nitrogens is 4. The fourth-order valence-electron chi connectivity index (χ4n) is 4.06. The Hall–Kier alpha value is -4.51. The van der Waals surface area contributed by atoms with Crippen molar-refractivity contribution in [2.24, 2.45) is 0 Å². The molecule has 5 rings (SSSR count). The summed E-state index contributed by atoms with van der Waals surface area (Å²) in [6, 6.07) is 8.62. The number of allylic oxidation sites excluding steroid dienone is 2. The Kier molecular flexibility index (Phi) is 7.18. The number of nitrogens with zero attached hydrogens (tertiary/aromatic N) is 5. The summed E-state index contributed by atoms with van der Waals surface area (Å²) < 4.78 is 46.4. The van der Waals surface area contributed by atoms with Crippen LogP contribution in [0.15, 0.2) is 85.6 Å². The number of nitrogens with one attached hydrogen (secondary N) is 1. The van der Waals surface area contributed by atoms with Gasteiger partial charge in [0, 0.05) is 43.3 Å². The van der Waals surface area contributed by atoms with E-state index in [4.69, 9.17) is 4.74 Å². The molecular weight excluding hydrogens is 497 g/mol. The smallest absolute Gasteiger partial charge is 0.378 e. The van der Waals surface area contributed by atoms with Gasteiger partial charge in [-0.05, 0) is 35.4 Å². The third-order valence-electron chi connectivity index (χ3n) is 6.00. The molecule has 1 saturated heterocycles. The highest BCUT2D eigenvalue weighted by molar-refractivity contribution is 5.99. The molecule has 0 spiro atoms. The van der Waals surface area contributed by atoms with Gasteiger partial charge in [-0.1, -0.05) is 24.3 Å². The van der Waals surface area contributed by atoms with Gasteiger partial charge in [0.1, 0.15) is 11.6 Å². The van der Waals surface area contributed by atoms with Crippen LogP contribution in [-0.2, 0) is 15.7 Å². The molecule has 0 aliphatic carbocycles. The Morgan fingerprint density at radius 3 is 2.45 bits per heavy atom. The first kappa shape index (κ1) is 25.2. The molecule has 1 aromatic carbocycles. The summed E-state index contributed by atoms with van der Waals surface area (Å²) in [5.74, 6) is 0.876. The van der Waals surface area contributed by atoms with Crippen molar-refractivity contribution in [1.29, 1.82) is 0 Å². The topological polar surface area (TPSA) is 84.7 Å². The molecule has 1 amide bonds. The van der Waals surface area contributed by atoms with E-state index in [0.29, 0.717) is 41.4 Å². The minimum absolute atomic E-state index is 0.396. The predicted molar refractivity (Wildman–Crippen MR) is 137 cm³/mol. The minimum atomic E-state index is -4.43. The lowest BCUT2D eigenvalue weighted by Crippen LogP contribution is -2.36. The van der Waals surface area contributed by atoms with E-state index >= 15 is 0 Å². The van der Waals surface area contributed by atoms with E-state index in [2.05, 4.69) is 25.2 Å². The number of carbonyl (C=O) groups is 1. The summed E-state index contributed by atoms with van der Waals surface area (Å²) in [4.78, 5) is 27.4. The summed E-state index contributed by atoms with van der Waals surface area (Å²) >= 11 is 0. The van der Waals surface area contributed by atoms with Gasteiger partial charge in [0.05, 0.1) is 31.2 Å². The molecule has 194 valence electrons. The average molecular weight is 521 g/mol. The molecule has 1 fully saturated rings. The molecule has 3 aromatic heterocycles. The maximum absolute atomic E-state index is 13.1. The second kappa shape index (κ2) is 10.9. The van der Waals surface area contributed by atoms with Crippen molar-refractivity contribution < 1.29 is 22.7 Å². The molecule has 1 N–H and O–H groups in total. The monoisotopic (exact) mass is 520 g/mol. The number of amides is 1. The van der Waals surface area contributed by atoms with Crippen LogP contribution in [0.4, 0.5) is 24.8 Å². The quantitative estimate of drug-likeness (QED) is 0.295. The summed E-state index contributed by atoms with van der Waals surface area (Å²) in [6.45, 7) is 2.71. The van der Waals surface area contributed by atoms with E-state index in [1.165, 1.54) is 24.4 Å². The van der Waals surface area contributed by atoms with Gasteiger partial charge >= 0.3 is 6.18 Å². The van der Waals surface area contributed by atoms with Crippen molar-refractivity contribution in [3.05, 3.63) is 102 Å². The van der Waals surface area contributed by atoms with Gasteiger partial charge in [-0.2, -0.15) is 13.2 Å². The minimum Gasteiger partial charge on any atom is -0.378 e. The maximum Gasteiger partial charge on any atom is 0.416 e. The maximum atomic E-state index is 13.1. The van der Waals surface area contributed by atoms with Gasteiger partial charge in [0.2, 0.25) is 5.91 Å². The van der Waals surface area contributed by atoms with E-state index < -0.39 is 17.6 Å². The zero-order chi connectivity index (χ0) is 26.5. The van der Waals surface area contributed by atoms with Gasteiger partial charge < -0.3 is 15.0 Å². The molecule has 0 bridgehead atoms. The van der Waals surface area contributed by atoms with Crippen LogP contribution in [0, 0.1) is 0 Å². The number of imidazole rings is 1. The van der Waals surface area contributed by atoms with Gasteiger partial charge in [-0.25, -0.2) is 9.97 Å². The number of anilines is 2. The van der Waals surface area contributed by atoms with E-state index in [0.717, 1.165) is 31.0 Å². The number of hydrogen-bond donors (Lipinski definition) is 1. The first-order valence-electron chi connectivity index (χ1n) is 11.8. The molecule has 1 aliphatic rings. The number of halogens is 3. The van der Waals surface area contributed by atoms with Crippen LogP contribution in [0.25, 0.3) is 11.2 Å². The Morgan fingerprint density at radius 2 is 1.74 bits per heavy atom. The molecule has 4 aromatic rings. The third-order valence-corrected chi connectivity index (χ3v) is 6.00. The zero-order valence-electron chi connectivity index (χ0n) is 20.1. The van der Waals surface area contributed by atoms with E-state index in [1.807, 2.05) is 12.1 Å². The molecule has 11 heteroatoms. The molecule has 38 heavy (non-hydrogen) atoms. The summed E-state index contributed by atoms with van der Waals surface area (Å²) in [5.41, 5.74) is 1.72. The SMILES string of the molecule is O=C(/C=C/C=C(/c1ccc(C(F)(F)F)cc1)c1ccc(N2CCOCC2)nc1)Nc1cnc2cnccn12. The highest BCUT2D eigenvalue weighted by Crippen LogP contribution is 2.31. The number of ether oxygens (including phenoxy) is 1. The number of morpholine rings is 1. The van der Waals surface area contributed by atoms with E-state index in [9.17, 15) is 18.0 Å². The van der Waals surface area contributed by atoms with Crippen LogP contribution in [0.1, 0.15) is 16.7 Å². The largest absolute Gasteiger partial charge is 0.416 e.